The van der Waals surface area contributed by atoms with E-state index in [0.29, 0.717) is 25.8 Å². The molecule has 7 nitrogen and oxygen atoms in total. The SMILES string of the molecule is CCCNC(=O)[C@H](Cc1ccccc1)N(Cc1cccc(Br)c1)C(=O)CCN1C(=O)[C@H]2CC=CC[C@H]2C1=O. The predicted molar refractivity (Wildman–Crippen MR) is 149 cm³/mol. The Balaban J connectivity index is 1.57. The molecule has 0 unspecified atom stereocenters. The summed E-state index contributed by atoms with van der Waals surface area (Å²) in [6, 6.07) is 16.5. The van der Waals surface area contributed by atoms with Crippen molar-refractivity contribution in [1.29, 1.82) is 0 Å². The largest absolute Gasteiger partial charge is 0.354 e. The summed E-state index contributed by atoms with van der Waals surface area (Å²) in [5.41, 5.74) is 1.82. The molecule has 0 aromatic heterocycles. The van der Waals surface area contributed by atoms with Crippen molar-refractivity contribution < 1.29 is 19.2 Å². The summed E-state index contributed by atoms with van der Waals surface area (Å²) < 4.78 is 0.877. The molecule has 1 saturated heterocycles. The van der Waals surface area contributed by atoms with Crippen molar-refractivity contribution in [1.82, 2.24) is 15.1 Å². The first kappa shape index (κ1) is 27.8. The van der Waals surface area contributed by atoms with E-state index in [1.165, 1.54) is 4.90 Å². The van der Waals surface area contributed by atoms with E-state index >= 15 is 0 Å². The molecule has 1 fully saturated rings. The second-order valence-corrected chi connectivity index (χ2v) is 10.8. The van der Waals surface area contributed by atoms with Crippen LogP contribution in [0, 0.1) is 11.8 Å². The fourth-order valence-electron chi connectivity index (χ4n) is 5.19. The van der Waals surface area contributed by atoms with Crippen molar-refractivity contribution in [3.8, 4) is 0 Å². The van der Waals surface area contributed by atoms with E-state index in [2.05, 4.69) is 21.2 Å². The van der Waals surface area contributed by atoms with Crippen molar-refractivity contribution in [2.45, 2.75) is 51.6 Å². The Morgan fingerprint density at radius 3 is 2.29 bits per heavy atom. The second-order valence-electron chi connectivity index (χ2n) is 9.88. The normalized spacial score (nSPS) is 19.3. The highest BCUT2D eigenvalue weighted by molar-refractivity contribution is 9.10. The molecule has 0 saturated carbocycles. The van der Waals surface area contributed by atoms with Gasteiger partial charge in [-0.2, -0.15) is 0 Å². The molecule has 2 aromatic carbocycles. The maximum absolute atomic E-state index is 13.8. The van der Waals surface area contributed by atoms with Crippen LogP contribution in [0.1, 0.15) is 43.7 Å². The van der Waals surface area contributed by atoms with Crippen LogP contribution in [0.3, 0.4) is 0 Å². The Labute approximate surface area is 232 Å². The van der Waals surface area contributed by atoms with Gasteiger partial charge in [0.2, 0.25) is 23.6 Å². The van der Waals surface area contributed by atoms with Gasteiger partial charge in [0.1, 0.15) is 6.04 Å². The molecule has 1 aliphatic carbocycles. The first-order valence-corrected chi connectivity index (χ1v) is 14.0. The quantitative estimate of drug-likeness (QED) is 0.318. The number of carbonyl (C=O) groups excluding carboxylic acids is 4. The molecule has 0 bridgehead atoms. The molecule has 0 spiro atoms. The summed E-state index contributed by atoms with van der Waals surface area (Å²) in [6.45, 7) is 2.74. The Morgan fingerprint density at radius 1 is 1.00 bits per heavy atom. The molecular formula is C30H34BrN3O4. The molecule has 1 N–H and O–H groups in total. The molecule has 4 rings (SSSR count). The van der Waals surface area contributed by atoms with Gasteiger partial charge in [-0.05, 0) is 42.5 Å². The predicted octanol–water partition coefficient (Wildman–Crippen LogP) is 4.26. The zero-order valence-corrected chi connectivity index (χ0v) is 23.2. The fourth-order valence-corrected chi connectivity index (χ4v) is 5.64. The number of hydrogen-bond donors (Lipinski definition) is 1. The Hall–Kier alpha value is -3.26. The van der Waals surface area contributed by atoms with Gasteiger partial charge in [-0.1, -0.05) is 77.5 Å². The molecule has 2 aromatic rings. The molecule has 38 heavy (non-hydrogen) atoms. The van der Waals surface area contributed by atoms with Crippen LogP contribution in [-0.4, -0.2) is 52.6 Å². The van der Waals surface area contributed by atoms with Crippen LogP contribution in [0.25, 0.3) is 0 Å². The number of fused-ring (bicyclic) bond motifs is 1. The van der Waals surface area contributed by atoms with Crippen LogP contribution in [0.2, 0.25) is 0 Å². The lowest BCUT2D eigenvalue weighted by Crippen LogP contribution is -2.51. The van der Waals surface area contributed by atoms with Crippen molar-refractivity contribution >= 4 is 39.6 Å². The monoisotopic (exact) mass is 579 g/mol. The molecule has 3 atom stereocenters. The Kier molecular flexibility index (Phi) is 9.50. The van der Waals surface area contributed by atoms with Gasteiger partial charge < -0.3 is 10.2 Å². The summed E-state index contributed by atoms with van der Waals surface area (Å²) in [4.78, 5) is 55.9. The Morgan fingerprint density at radius 2 is 1.66 bits per heavy atom. The number of imide groups is 1. The van der Waals surface area contributed by atoms with Gasteiger partial charge in [0.25, 0.3) is 0 Å². The summed E-state index contributed by atoms with van der Waals surface area (Å²) in [7, 11) is 0. The van der Waals surface area contributed by atoms with Crippen LogP contribution >= 0.6 is 15.9 Å². The molecule has 8 heteroatoms. The number of rotatable bonds is 11. The maximum Gasteiger partial charge on any atom is 0.243 e. The smallest absolute Gasteiger partial charge is 0.243 e. The molecule has 1 heterocycles. The summed E-state index contributed by atoms with van der Waals surface area (Å²) in [5.74, 6) is -1.54. The minimum Gasteiger partial charge on any atom is -0.354 e. The number of amides is 4. The van der Waals surface area contributed by atoms with Crippen LogP contribution in [0.5, 0.6) is 0 Å². The van der Waals surface area contributed by atoms with Gasteiger partial charge in [0.05, 0.1) is 11.8 Å². The molecule has 4 amide bonds. The highest BCUT2D eigenvalue weighted by Crippen LogP contribution is 2.35. The second kappa shape index (κ2) is 13.0. The summed E-state index contributed by atoms with van der Waals surface area (Å²) in [5, 5.41) is 2.96. The van der Waals surface area contributed by atoms with E-state index in [0.717, 1.165) is 22.0 Å². The van der Waals surface area contributed by atoms with Crippen LogP contribution in [-0.2, 0) is 32.1 Å². The third-order valence-electron chi connectivity index (χ3n) is 7.21. The number of allylic oxidation sites excluding steroid dienone is 2. The van der Waals surface area contributed by atoms with Crippen LogP contribution < -0.4 is 5.32 Å². The van der Waals surface area contributed by atoms with Crippen molar-refractivity contribution in [2.75, 3.05) is 13.1 Å². The highest BCUT2D eigenvalue weighted by atomic mass is 79.9. The number of halogens is 1. The highest BCUT2D eigenvalue weighted by Gasteiger charge is 2.47. The van der Waals surface area contributed by atoms with Gasteiger partial charge in [0.15, 0.2) is 0 Å². The number of nitrogens with zero attached hydrogens (tertiary/aromatic N) is 2. The number of nitrogens with one attached hydrogen (secondary N) is 1. The molecule has 2 aliphatic rings. The van der Waals surface area contributed by atoms with Gasteiger partial charge in [0, 0.05) is 36.9 Å². The lowest BCUT2D eigenvalue weighted by atomic mass is 9.85. The standard InChI is InChI=1S/C30H34BrN3O4/c1-2-16-32-28(36)26(19-21-9-4-3-5-10-21)34(20-22-11-8-12-23(31)18-22)27(35)15-17-33-29(37)24-13-6-7-14-25(24)30(33)38/h3-12,18,24-26H,2,13-17,19-20H2,1H3,(H,32,36)/t24-,25+,26-/m0/s1. The average Bonchev–Trinajstić information content (AvgIpc) is 3.17. The van der Waals surface area contributed by atoms with Gasteiger partial charge >= 0.3 is 0 Å². The molecule has 1 aliphatic heterocycles. The van der Waals surface area contributed by atoms with Crippen molar-refractivity contribution in [3.63, 3.8) is 0 Å². The molecule has 200 valence electrons. The van der Waals surface area contributed by atoms with E-state index < -0.39 is 6.04 Å². The summed E-state index contributed by atoms with van der Waals surface area (Å²) >= 11 is 3.49. The van der Waals surface area contributed by atoms with E-state index in [-0.39, 0.29) is 55.0 Å². The summed E-state index contributed by atoms with van der Waals surface area (Å²) in [6.07, 6.45) is 6.11. The topological polar surface area (TPSA) is 86.8 Å². The Bertz CT molecular complexity index is 1170. The zero-order valence-electron chi connectivity index (χ0n) is 21.6. The van der Waals surface area contributed by atoms with Gasteiger partial charge in [-0.25, -0.2) is 0 Å². The van der Waals surface area contributed by atoms with Crippen molar-refractivity contribution in [3.05, 3.63) is 82.3 Å². The maximum atomic E-state index is 13.8. The van der Waals surface area contributed by atoms with Crippen LogP contribution in [0.15, 0.2) is 71.2 Å². The zero-order chi connectivity index (χ0) is 27.1. The van der Waals surface area contributed by atoms with Gasteiger partial charge in [-0.3, -0.25) is 24.1 Å². The van der Waals surface area contributed by atoms with Crippen LogP contribution in [0.4, 0.5) is 0 Å². The number of benzene rings is 2. The van der Waals surface area contributed by atoms with Gasteiger partial charge in [-0.15, -0.1) is 0 Å². The van der Waals surface area contributed by atoms with E-state index in [1.807, 2.05) is 73.7 Å². The lowest BCUT2D eigenvalue weighted by molar-refractivity contribution is -0.144. The number of carbonyl (C=O) groups is 4. The minimum atomic E-state index is -0.743. The number of hydrogen-bond acceptors (Lipinski definition) is 4. The average molecular weight is 581 g/mol. The van der Waals surface area contributed by atoms with E-state index in [9.17, 15) is 19.2 Å². The van der Waals surface area contributed by atoms with E-state index in [1.54, 1.807) is 4.90 Å². The third-order valence-corrected chi connectivity index (χ3v) is 7.70. The first-order valence-electron chi connectivity index (χ1n) is 13.2. The minimum absolute atomic E-state index is 0.0210. The van der Waals surface area contributed by atoms with E-state index in [4.69, 9.17) is 0 Å². The molecule has 0 radical (unpaired) electrons. The fraction of sp³-hybridized carbons (Fsp3) is 0.400. The lowest BCUT2D eigenvalue weighted by Gasteiger charge is -2.32. The van der Waals surface area contributed by atoms with Crippen molar-refractivity contribution in [2.24, 2.45) is 11.8 Å². The molecular weight excluding hydrogens is 546 g/mol. The third kappa shape index (κ3) is 6.59. The first-order chi connectivity index (χ1) is 18.4. The number of likely N-dealkylation sites (tertiary alicyclic amines) is 1.